The van der Waals surface area contributed by atoms with Crippen LogP contribution in [0.25, 0.3) is 0 Å². The minimum absolute atomic E-state index is 0.0104. The summed E-state index contributed by atoms with van der Waals surface area (Å²) in [7, 11) is 0. The molecule has 1 fully saturated rings. The van der Waals surface area contributed by atoms with Crippen molar-refractivity contribution in [3.8, 4) is 0 Å². The molecule has 1 amide bonds. The van der Waals surface area contributed by atoms with Gasteiger partial charge in [0.1, 0.15) is 0 Å². The van der Waals surface area contributed by atoms with Crippen molar-refractivity contribution in [2.24, 2.45) is 11.7 Å². The lowest BCUT2D eigenvalue weighted by Crippen LogP contribution is -2.46. The van der Waals surface area contributed by atoms with E-state index in [0.29, 0.717) is 12.0 Å². The predicted molar refractivity (Wildman–Crippen MR) is 57.8 cm³/mol. The molecule has 0 spiro atoms. The summed E-state index contributed by atoms with van der Waals surface area (Å²) in [4.78, 5) is 11.4. The number of amides is 1. The molecular weight excluding hydrogens is 176 g/mol. The highest BCUT2D eigenvalue weighted by atomic mass is 16.2. The summed E-state index contributed by atoms with van der Waals surface area (Å²) in [5.41, 5.74) is 5.53. The van der Waals surface area contributed by atoms with Gasteiger partial charge in [-0.15, -0.1) is 0 Å². The van der Waals surface area contributed by atoms with Crippen LogP contribution in [0, 0.1) is 5.92 Å². The lowest BCUT2D eigenvalue weighted by atomic mass is 9.97. The number of hydrogen-bond donors (Lipinski definition) is 2. The van der Waals surface area contributed by atoms with E-state index in [1.165, 1.54) is 25.7 Å². The van der Waals surface area contributed by atoms with Crippen LogP contribution in [-0.2, 0) is 4.79 Å². The van der Waals surface area contributed by atoms with Crippen molar-refractivity contribution in [3.05, 3.63) is 0 Å². The molecule has 14 heavy (non-hydrogen) atoms. The first-order chi connectivity index (χ1) is 6.61. The SMILES string of the molecule is CC1CCCCCC1NC(=O)[C@@H](C)N. The Bertz CT molecular complexity index is 192. The zero-order valence-corrected chi connectivity index (χ0v) is 9.25. The lowest BCUT2D eigenvalue weighted by molar-refractivity contribution is -0.123. The van der Waals surface area contributed by atoms with Gasteiger partial charge in [-0.3, -0.25) is 4.79 Å². The Hall–Kier alpha value is -0.570. The number of rotatable bonds is 2. The fraction of sp³-hybridized carbons (Fsp3) is 0.909. The monoisotopic (exact) mass is 198 g/mol. The molecule has 3 heteroatoms. The summed E-state index contributed by atoms with van der Waals surface area (Å²) in [6, 6.07) is -0.0403. The third-order valence-electron chi connectivity index (χ3n) is 3.10. The van der Waals surface area contributed by atoms with E-state index in [-0.39, 0.29) is 11.9 Å². The summed E-state index contributed by atoms with van der Waals surface area (Å²) in [6.45, 7) is 3.95. The molecule has 0 radical (unpaired) electrons. The summed E-state index contributed by atoms with van der Waals surface area (Å²) in [6.07, 6.45) is 6.17. The van der Waals surface area contributed by atoms with E-state index in [0.717, 1.165) is 6.42 Å². The first-order valence-electron chi connectivity index (χ1n) is 5.67. The highest BCUT2D eigenvalue weighted by Gasteiger charge is 2.22. The fourth-order valence-electron chi connectivity index (χ4n) is 2.02. The van der Waals surface area contributed by atoms with Gasteiger partial charge in [0, 0.05) is 6.04 Å². The average molecular weight is 198 g/mol. The van der Waals surface area contributed by atoms with Gasteiger partial charge in [0.2, 0.25) is 5.91 Å². The molecule has 3 atom stereocenters. The molecule has 0 bridgehead atoms. The third-order valence-corrected chi connectivity index (χ3v) is 3.10. The maximum absolute atomic E-state index is 11.4. The topological polar surface area (TPSA) is 55.1 Å². The molecule has 0 aromatic rings. The van der Waals surface area contributed by atoms with Crippen LogP contribution in [0.1, 0.15) is 46.0 Å². The predicted octanol–water partition coefficient (Wildman–Crippen LogP) is 1.42. The van der Waals surface area contributed by atoms with Crippen molar-refractivity contribution in [1.82, 2.24) is 5.32 Å². The normalized spacial score (nSPS) is 30.5. The van der Waals surface area contributed by atoms with E-state index in [1.807, 2.05) is 0 Å². The molecule has 3 N–H and O–H groups in total. The van der Waals surface area contributed by atoms with Gasteiger partial charge in [0.15, 0.2) is 0 Å². The highest BCUT2D eigenvalue weighted by Crippen LogP contribution is 2.22. The van der Waals surface area contributed by atoms with E-state index < -0.39 is 0 Å². The van der Waals surface area contributed by atoms with Crippen LogP contribution in [0.5, 0.6) is 0 Å². The minimum atomic E-state index is -0.384. The van der Waals surface area contributed by atoms with Gasteiger partial charge in [-0.1, -0.05) is 26.2 Å². The second-order valence-corrected chi connectivity index (χ2v) is 4.52. The maximum atomic E-state index is 11.4. The Morgan fingerprint density at radius 1 is 1.36 bits per heavy atom. The van der Waals surface area contributed by atoms with Gasteiger partial charge in [-0.05, 0) is 25.7 Å². The molecule has 0 aromatic carbocycles. The number of nitrogens with one attached hydrogen (secondary N) is 1. The summed E-state index contributed by atoms with van der Waals surface area (Å²) in [5.74, 6) is 0.587. The van der Waals surface area contributed by atoms with Crippen molar-refractivity contribution in [2.45, 2.75) is 58.0 Å². The van der Waals surface area contributed by atoms with Crippen molar-refractivity contribution in [3.63, 3.8) is 0 Å². The summed E-state index contributed by atoms with van der Waals surface area (Å²) < 4.78 is 0. The van der Waals surface area contributed by atoms with E-state index in [1.54, 1.807) is 6.92 Å². The summed E-state index contributed by atoms with van der Waals surface area (Å²) >= 11 is 0. The van der Waals surface area contributed by atoms with E-state index in [2.05, 4.69) is 12.2 Å². The summed E-state index contributed by atoms with van der Waals surface area (Å²) in [5, 5.41) is 3.04. The Balaban J connectivity index is 2.44. The van der Waals surface area contributed by atoms with Crippen LogP contribution in [0.2, 0.25) is 0 Å². The molecule has 0 aliphatic heterocycles. The molecule has 2 unspecified atom stereocenters. The van der Waals surface area contributed by atoms with Crippen LogP contribution >= 0.6 is 0 Å². The molecule has 82 valence electrons. The molecule has 1 aliphatic rings. The number of hydrogen-bond acceptors (Lipinski definition) is 2. The van der Waals surface area contributed by atoms with Crippen molar-refractivity contribution >= 4 is 5.91 Å². The van der Waals surface area contributed by atoms with E-state index >= 15 is 0 Å². The van der Waals surface area contributed by atoms with Gasteiger partial charge >= 0.3 is 0 Å². The smallest absolute Gasteiger partial charge is 0.236 e. The maximum Gasteiger partial charge on any atom is 0.236 e. The number of nitrogens with two attached hydrogens (primary N) is 1. The number of carbonyl (C=O) groups is 1. The van der Waals surface area contributed by atoms with Gasteiger partial charge in [0.05, 0.1) is 6.04 Å². The molecule has 1 saturated carbocycles. The van der Waals surface area contributed by atoms with Crippen molar-refractivity contribution in [2.75, 3.05) is 0 Å². The Kier molecular flexibility index (Phi) is 4.39. The van der Waals surface area contributed by atoms with Crippen molar-refractivity contribution < 1.29 is 4.79 Å². The van der Waals surface area contributed by atoms with Crippen LogP contribution in [-0.4, -0.2) is 18.0 Å². The Labute approximate surface area is 86.4 Å². The highest BCUT2D eigenvalue weighted by molar-refractivity contribution is 5.81. The minimum Gasteiger partial charge on any atom is -0.352 e. The molecule has 0 aromatic heterocycles. The van der Waals surface area contributed by atoms with Gasteiger partial charge in [0.25, 0.3) is 0 Å². The molecule has 3 nitrogen and oxygen atoms in total. The zero-order valence-electron chi connectivity index (χ0n) is 9.25. The van der Waals surface area contributed by atoms with Crippen LogP contribution < -0.4 is 11.1 Å². The molecular formula is C11H22N2O. The lowest BCUT2D eigenvalue weighted by Gasteiger charge is -2.23. The van der Waals surface area contributed by atoms with E-state index in [9.17, 15) is 4.79 Å². The van der Waals surface area contributed by atoms with Crippen molar-refractivity contribution in [1.29, 1.82) is 0 Å². The van der Waals surface area contributed by atoms with Crippen LogP contribution in [0.15, 0.2) is 0 Å². The molecule has 0 heterocycles. The van der Waals surface area contributed by atoms with Crippen LogP contribution in [0.4, 0.5) is 0 Å². The second-order valence-electron chi connectivity index (χ2n) is 4.52. The molecule has 1 aliphatic carbocycles. The standard InChI is InChI=1S/C11H22N2O/c1-8-6-4-3-5-7-10(8)13-11(14)9(2)12/h8-10H,3-7,12H2,1-2H3,(H,13,14)/t8?,9-,10?/m1/s1. The average Bonchev–Trinajstić information content (AvgIpc) is 2.32. The fourth-order valence-corrected chi connectivity index (χ4v) is 2.02. The molecule has 0 saturated heterocycles. The van der Waals surface area contributed by atoms with Gasteiger partial charge in [-0.25, -0.2) is 0 Å². The van der Waals surface area contributed by atoms with Crippen LogP contribution in [0.3, 0.4) is 0 Å². The quantitative estimate of drug-likeness (QED) is 0.659. The van der Waals surface area contributed by atoms with Gasteiger partial charge in [-0.2, -0.15) is 0 Å². The zero-order chi connectivity index (χ0) is 10.6. The largest absolute Gasteiger partial charge is 0.352 e. The first-order valence-corrected chi connectivity index (χ1v) is 5.67. The Morgan fingerprint density at radius 3 is 2.64 bits per heavy atom. The second kappa shape index (κ2) is 5.35. The number of carbonyl (C=O) groups excluding carboxylic acids is 1. The van der Waals surface area contributed by atoms with Gasteiger partial charge < -0.3 is 11.1 Å². The Morgan fingerprint density at radius 2 is 2.00 bits per heavy atom. The third kappa shape index (κ3) is 3.29. The van der Waals surface area contributed by atoms with E-state index in [4.69, 9.17) is 5.73 Å². The molecule has 1 rings (SSSR count). The first kappa shape index (κ1) is 11.5.